The van der Waals surface area contributed by atoms with Crippen LogP contribution in [0, 0.1) is 5.92 Å². The van der Waals surface area contributed by atoms with Crippen molar-refractivity contribution in [3.63, 3.8) is 0 Å². The highest BCUT2D eigenvalue weighted by molar-refractivity contribution is 9.10. The molecule has 0 saturated carbocycles. The summed E-state index contributed by atoms with van der Waals surface area (Å²) in [6, 6.07) is 5.95. The Morgan fingerprint density at radius 3 is 3.12 bits per heavy atom. The van der Waals surface area contributed by atoms with Crippen LogP contribution in [0.1, 0.15) is 25.0 Å². The van der Waals surface area contributed by atoms with E-state index < -0.39 is 0 Å². The second-order valence-electron chi connectivity index (χ2n) is 4.31. The van der Waals surface area contributed by atoms with Crippen LogP contribution in [0.15, 0.2) is 22.7 Å². The van der Waals surface area contributed by atoms with Gasteiger partial charge < -0.3 is 10.1 Å². The molecular weight excluding hydrogens is 302 g/mol. The first-order valence-electron chi connectivity index (χ1n) is 5.99. The lowest BCUT2D eigenvalue weighted by atomic mass is 9.95. The summed E-state index contributed by atoms with van der Waals surface area (Å²) in [5, 5.41) is 4.18. The van der Waals surface area contributed by atoms with E-state index in [0.29, 0.717) is 5.92 Å². The van der Waals surface area contributed by atoms with Gasteiger partial charge in [0.15, 0.2) is 0 Å². The third-order valence-electron chi connectivity index (χ3n) is 3.14. The molecule has 1 aliphatic heterocycles. The molecule has 1 N–H and O–H groups in total. The molecule has 2 unspecified atom stereocenters. The van der Waals surface area contributed by atoms with E-state index in [-0.39, 0.29) is 6.10 Å². The Bertz CT molecular complexity index is 386. The minimum Gasteiger partial charge on any atom is -0.373 e. The molecule has 0 aliphatic carbocycles. The summed E-state index contributed by atoms with van der Waals surface area (Å²) in [5.74, 6) is 0.516. The molecule has 1 aromatic carbocycles. The molecule has 17 heavy (non-hydrogen) atoms. The van der Waals surface area contributed by atoms with Crippen LogP contribution < -0.4 is 5.32 Å². The Hall–Kier alpha value is -0.0900. The van der Waals surface area contributed by atoms with E-state index in [1.165, 1.54) is 0 Å². The number of ether oxygens (including phenoxy) is 1. The van der Waals surface area contributed by atoms with Crippen LogP contribution in [0.25, 0.3) is 0 Å². The molecule has 0 amide bonds. The number of benzene rings is 1. The van der Waals surface area contributed by atoms with Gasteiger partial charge in [-0.15, -0.1) is 0 Å². The summed E-state index contributed by atoms with van der Waals surface area (Å²) in [6.45, 7) is 4.93. The fourth-order valence-electron chi connectivity index (χ4n) is 2.25. The van der Waals surface area contributed by atoms with Gasteiger partial charge in [-0.3, -0.25) is 0 Å². The van der Waals surface area contributed by atoms with E-state index in [2.05, 4.69) is 34.2 Å². The minimum atomic E-state index is 0.124. The molecule has 2 nitrogen and oxygen atoms in total. The first-order chi connectivity index (χ1) is 8.22. The summed E-state index contributed by atoms with van der Waals surface area (Å²) < 4.78 is 6.89. The van der Waals surface area contributed by atoms with Gasteiger partial charge in [-0.05, 0) is 31.2 Å². The van der Waals surface area contributed by atoms with Gasteiger partial charge in [0.05, 0.1) is 6.10 Å². The zero-order valence-corrected chi connectivity index (χ0v) is 12.2. The van der Waals surface area contributed by atoms with Crippen LogP contribution in [0.2, 0.25) is 5.02 Å². The topological polar surface area (TPSA) is 21.3 Å². The van der Waals surface area contributed by atoms with Gasteiger partial charge in [0, 0.05) is 34.1 Å². The number of hydrogen-bond acceptors (Lipinski definition) is 2. The van der Waals surface area contributed by atoms with Crippen LogP contribution in [-0.2, 0) is 4.74 Å². The molecule has 94 valence electrons. The van der Waals surface area contributed by atoms with Crippen LogP contribution in [0.5, 0.6) is 0 Å². The number of rotatable bonds is 4. The van der Waals surface area contributed by atoms with Crippen molar-refractivity contribution in [2.45, 2.75) is 19.4 Å². The van der Waals surface area contributed by atoms with Gasteiger partial charge in [0.25, 0.3) is 0 Å². The molecule has 0 radical (unpaired) electrons. The second kappa shape index (κ2) is 6.19. The van der Waals surface area contributed by atoms with Crippen LogP contribution in [0.3, 0.4) is 0 Å². The molecule has 2 rings (SSSR count). The average Bonchev–Trinajstić information content (AvgIpc) is 2.77. The lowest BCUT2D eigenvalue weighted by Crippen LogP contribution is -2.24. The lowest BCUT2D eigenvalue weighted by molar-refractivity contribution is 0.0907. The summed E-state index contributed by atoms with van der Waals surface area (Å²) in [6.07, 6.45) is 1.22. The van der Waals surface area contributed by atoms with E-state index in [1.54, 1.807) is 0 Å². The van der Waals surface area contributed by atoms with Crippen molar-refractivity contribution < 1.29 is 4.74 Å². The van der Waals surface area contributed by atoms with E-state index in [4.69, 9.17) is 16.3 Å². The molecule has 1 aromatic rings. The van der Waals surface area contributed by atoms with Crippen molar-refractivity contribution in [3.05, 3.63) is 33.3 Å². The van der Waals surface area contributed by atoms with Gasteiger partial charge in [0.2, 0.25) is 0 Å². The first-order valence-corrected chi connectivity index (χ1v) is 7.16. The molecule has 2 atom stereocenters. The third kappa shape index (κ3) is 3.22. The summed E-state index contributed by atoms with van der Waals surface area (Å²) in [4.78, 5) is 0. The molecule has 1 fully saturated rings. The maximum atomic E-state index is 6.25. The summed E-state index contributed by atoms with van der Waals surface area (Å²) >= 11 is 9.74. The van der Waals surface area contributed by atoms with Crippen molar-refractivity contribution in [1.82, 2.24) is 5.32 Å². The normalized spacial score (nSPS) is 24.2. The Balaban J connectivity index is 2.16. The van der Waals surface area contributed by atoms with Crippen molar-refractivity contribution in [2.24, 2.45) is 5.92 Å². The van der Waals surface area contributed by atoms with Crippen molar-refractivity contribution in [3.8, 4) is 0 Å². The molecule has 1 saturated heterocycles. The lowest BCUT2D eigenvalue weighted by Gasteiger charge is -2.20. The van der Waals surface area contributed by atoms with Crippen LogP contribution in [-0.4, -0.2) is 19.7 Å². The first kappa shape index (κ1) is 13.3. The monoisotopic (exact) mass is 317 g/mol. The zero-order valence-electron chi connectivity index (χ0n) is 9.88. The zero-order chi connectivity index (χ0) is 12.3. The fraction of sp³-hybridized carbons (Fsp3) is 0.538. The quantitative estimate of drug-likeness (QED) is 0.912. The van der Waals surface area contributed by atoms with Crippen LogP contribution >= 0.6 is 27.5 Å². The highest BCUT2D eigenvalue weighted by atomic mass is 79.9. The number of halogens is 2. The molecule has 0 aromatic heterocycles. The van der Waals surface area contributed by atoms with Gasteiger partial charge in [-0.25, -0.2) is 0 Å². The van der Waals surface area contributed by atoms with Gasteiger partial charge >= 0.3 is 0 Å². The maximum Gasteiger partial charge on any atom is 0.0880 e. The number of hydrogen-bond donors (Lipinski definition) is 1. The second-order valence-corrected chi connectivity index (χ2v) is 5.64. The van der Waals surface area contributed by atoms with Gasteiger partial charge in [-0.2, -0.15) is 0 Å². The highest BCUT2D eigenvalue weighted by Crippen LogP contribution is 2.38. The van der Waals surface area contributed by atoms with E-state index in [0.717, 1.165) is 41.2 Å². The Labute approximate surface area is 116 Å². The Kier molecular flexibility index (Phi) is 4.86. The highest BCUT2D eigenvalue weighted by Gasteiger charge is 2.30. The number of nitrogens with one attached hydrogen (secondary N) is 1. The van der Waals surface area contributed by atoms with E-state index in [9.17, 15) is 0 Å². The van der Waals surface area contributed by atoms with Gasteiger partial charge in [0.1, 0.15) is 0 Å². The summed E-state index contributed by atoms with van der Waals surface area (Å²) in [7, 11) is 0. The molecule has 1 heterocycles. The minimum absolute atomic E-state index is 0.124. The largest absolute Gasteiger partial charge is 0.373 e. The standard InChI is InChI=1S/C13H17BrClNO/c1-2-16-8-9-5-6-17-13(9)11-7-10(14)3-4-12(11)15/h3-4,7,9,13,16H,2,5-6,8H2,1H3. The van der Waals surface area contributed by atoms with Gasteiger partial charge in [-0.1, -0.05) is 34.5 Å². The Morgan fingerprint density at radius 2 is 2.35 bits per heavy atom. The predicted molar refractivity (Wildman–Crippen MR) is 74.5 cm³/mol. The average molecular weight is 319 g/mol. The molecule has 4 heteroatoms. The van der Waals surface area contributed by atoms with E-state index in [1.807, 2.05) is 12.1 Å². The van der Waals surface area contributed by atoms with Crippen molar-refractivity contribution >= 4 is 27.5 Å². The maximum absolute atomic E-state index is 6.25. The third-order valence-corrected chi connectivity index (χ3v) is 3.97. The smallest absolute Gasteiger partial charge is 0.0880 e. The molecule has 1 aliphatic rings. The fourth-order valence-corrected chi connectivity index (χ4v) is 2.85. The molecular formula is C13H17BrClNO. The van der Waals surface area contributed by atoms with Crippen molar-refractivity contribution in [2.75, 3.05) is 19.7 Å². The van der Waals surface area contributed by atoms with Crippen molar-refractivity contribution in [1.29, 1.82) is 0 Å². The Morgan fingerprint density at radius 1 is 1.53 bits per heavy atom. The SMILES string of the molecule is CCNCC1CCOC1c1cc(Br)ccc1Cl. The van der Waals surface area contributed by atoms with E-state index >= 15 is 0 Å². The molecule has 0 spiro atoms. The molecule has 0 bridgehead atoms. The van der Waals surface area contributed by atoms with Crippen LogP contribution in [0.4, 0.5) is 0 Å². The summed E-state index contributed by atoms with van der Waals surface area (Å²) in [5.41, 5.74) is 1.10. The predicted octanol–water partition coefficient (Wildman–Crippen LogP) is 3.79.